The van der Waals surface area contributed by atoms with Crippen molar-refractivity contribution in [3.63, 3.8) is 0 Å². The third-order valence-corrected chi connectivity index (χ3v) is 6.47. The quantitative estimate of drug-likeness (QED) is 0.303. The van der Waals surface area contributed by atoms with Gasteiger partial charge in [-0.2, -0.15) is 0 Å². The summed E-state index contributed by atoms with van der Waals surface area (Å²) in [5.41, 5.74) is 11.1. The van der Waals surface area contributed by atoms with E-state index in [1.165, 1.54) is 0 Å². The van der Waals surface area contributed by atoms with Crippen LogP contribution >= 0.6 is 0 Å². The van der Waals surface area contributed by atoms with E-state index in [1.807, 2.05) is 72.8 Å². The third-order valence-electron chi connectivity index (χ3n) is 6.47. The number of carbonyl (C=O) groups is 2. The zero-order valence-electron chi connectivity index (χ0n) is 19.7. The van der Waals surface area contributed by atoms with E-state index >= 15 is 0 Å². The van der Waals surface area contributed by atoms with Crippen LogP contribution in [0.1, 0.15) is 39.4 Å². The Hall–Kier alpha value is -4.42. The largest absolute Gasteiger partial charge is 0.444 e. The average Bonchev–Trinajstić information content (AvgIpc) is 3.62. The smallest absolute Gasteiger partial charge is 0.411 e. The van der Waals surface area contributed by atoms with Gasteiger partial charge in [-0.1, -0.05) is 78.9 Å². The van der Waals surface area contributed by atoms with E-state index in [4.69, 9.17) is 10.5 Å². The normalized spacial score (nSPS) is 18.2. The summed E-state index contributed by atoms with van der Waals surface area (Å²) in [4.78, 5) is 25.0. The highest BCUT2D eigenvalue weighted by Gasteiger charge is 2.52. The first kappa shape index (κ1) is 23.3. The van der Waals surface area contributed by atoms with Crippen LogP contribution in [0.15, 0.2) is 109 Å². The van der Waals surface area contributed by atoms with Crippen LogP contribution in [0.4, 0.5) is 16.2 Å². The highest BCUT2D eigenvalue weighted by Crippen LogP contribution is 2.56. The fourth-order valence-corrected chi connectivity index (χ4v) is 4.38. The minimum absolute atomic E-state index is 0.167. The summed E-state index contributed by atoms with van der Waals surface area (Å²) >= 11 is 0. The number of ether oxygens (including phenoxy) is 1. The molecule has 2 amide bonds. The Morgan fingerprint density at radius 3 is 2.22 bits per heavy atom. The monoisotopic (exact) mass is 477 g/mol. The maximum Gasteiger partial charge on any atom is 0.411 e. The van der Waals surface area contributed by atoms with Crippen LogP contribution in [-0.4, -0.2) is 12.0 Å². The lowest BCUT2D eigenvalue weighted by Crippen LogP contribution is -2.21. The molecule has 0 aromatic heterocycles. The fourth-order valence-electron chi connectivity index (χ4n) is 4.38. The number of nitrogens with two attached hydrogens (primary N) is 1. The first-order chi connectivity index (χ1) is 17.5. The first-order valence-corrected chi connectivity index (χ1v) is 11.8. The zero-order chi connectivity index (χ0) is 25.0. The van der Waals surface area contributed by atoms with Crippen LogP contribution < -0.4 is 16.4 Å². The predicted molar refractivity (Wildman–Crippen MR) is 141 cm³/mol. The average molecular weight is 478 g/mol. The molecule has 180 valence electrons. The van der Waals surface area contributed by atoms with Gasteiger partial charge in [0.2, 0.25) is 0 Å². The van der Waals surface area contributed by atoms with E-state index in [2.05, 4.69) is 22.8 Å². The Kier molecular flexibility index (Phi) is 6.52. The predicted octanol–water partition coefficient (Wildman–Crippen LogP) is 6.03. The van der Waals surface area contributed by atoms with E-state index in [0.717, 1.165) is 23.1 Å². The highest BCUT2D eigenvalue weighted by atomic mass is 16.5. The minimum atomic E-state index is -0.585. The number of hydrogen-bond acceptors (Lipinski definition) is 4. The number of rotatable bonds is 7. The maximum absolute atomic E-state index is 12.8. The van der Waals surface area contributed by atoms with Gasteiger partial charge in [0.25, 0.3) is 5.91 Å². The number of carbonyl (C=O) groups excluding carboxylic acids is 2. The molecule has 0 unspecified atom stereocenters. The summed E-state index contributed by atoms with van der Waals surface area (Å²) in [5, 5.41) is 5.58. The third kappa shape index (κ3) is 5.29. The molecule has 1 saturated carbocycles. The molecule has 0 saturated heterocycles. The molecule has 6 heteroatoms. The number of anilines is 2. The standard InChI is InChI=1S/C30H27N3O3/c31-30(24-11-5-2-6-12-24)19-27(30)22-14-16-25(17-15-22)32-28(34)23-10-7-13-26(18-23)33-29(35)36-20-21-8-3-1-4-9-21/h1-18,27H,19-20,31H2,(H,32,34)(H,33,35)/t27-,30+/m0/s1. The van der Waals surface area contributed by atoms with Gasteiger partial charge in [0.1, 0.15) is 6.61 Å². The van der Waals surface area contributed by atoms with Crippen molar-refractivity contribution in [2.45, 2.75) is 24.5 Å². The molecule has 1 fully saturated rings. The lowest BCUT2D eigenvalue weighted by molar-refractivity contribution is 0.102. The molecule has 4 aromatic carbocycles. The van der Waals surface area contributed by atoms with Crippen molar-refractivity contribution in [3.8, 4) is 0 Å². The van der Waals surface area contributed by atoms with Crippen molar-refractivity contribution in [3.05, 3.63) is 131 Å². The van der Waals surface area contributed by atoms with Crippen LogP contribution in [0.5, 0.6) is 0 Å². The van der Waals surface area contributed by atoms with Gasteiger partial charge in [-0.25, -0.2) is 4.79 Å². The van der Waals surface area contributed by atoms with Crippen molar-refractivity contribution < 1.29 is 14.3 Å². The van der Waals surface area contributed by atoms with E-state index in [1.54, 1.807) is 24.3 Å². The van der Waals surface area contributed by atoms with Gasteiger partial charge < -0.3 is 15.8 Å². The van der Waals surface area contributed by atoms with Crippen molar-refractivity contribution in [2.75, 3.05) is 10.6 Å². The van der Waals surface area contributed by atoms with Crippen molar-refractivity contribution in [1.82, 2.24) is 0 Å². The molecule has 0 bridgehead atoms. The summed E-state index contributed by atoms with van der Waals surface area (Å²) in [6.07, 6.45) is 0.314. The molecule has 6 nitrogen and oxygen atoms in total. The van der Waals surface area contributed by atoms with Crippen LogP contribution in [-0.2, 0) is 16.9 Å². The molecule has 2 atom stereocenters. The summed E-state index contributed by atoms with van der Waals surface area (Å²) in [6, 6.07) is 34.1. The van der Waals surface area contributed by atoms with E-state index in [9.17, 15) is 9.59 Å². The molecule has 36 heavy (non-hydrogen) atoms. The first-order valence-electron chi connectivity index (χ1n) is 11.8. The number of nitrogens with one attached hydrogen (secondary N) is 2. The van der Waals surface area contributed by atoms with Crippen LogP contribution in [0, 0.1) is 0 Å². The van der Waals surface area contributed by atoms with Gasteiger partial charge >= 0.3 is 6.09 Å². The molecule has 1 aliphatic rings. The molecule has 1 aliphatic carbocycles. The number of amides is 2. The van der Waals surface area contributed by atoms with E-state index in [0.29, 0.717) is 16.9 Å². The number of benzene rings is 4. The summed E-state index contributed by atoms with van der Waals surface area (Å²) in [7, 11) is 0. The van der Waals surface area contributed by atoms with Gasteiger partial charge in [0.05, 0.1) is 0 Å². The Morgan fingerprint density at radius 1 is 0.806 bits per heavy atom. The Balaban J connectivity index is 1.17. The van der Waals surface area contributed by atoms with Crippen molar-refractivity contribution in [2.24, 2.45) is 5.73 Å². The molecule has 0 radical (unpaired) electrons. The Labute approximate surface area is 210 Å². The van der Waals surface area contributed by atoms with Gasteiger partial charge in [0, 0.05) is 28.4 Å². The lowest BCUT2D eigenvalue weighted by Gasteiger charge is -2.13. The zero-order valence-corrected chi connectivity index (χ0v) is 19.7. The van der Waals surface area contributed by atoms with E-state index < -0.39 is 6.09 Å². The lowest BCUT2D eigenvalue weighted by atomic mass is 9.99. The Morgan fingerprint density at radius 2 is 1.50 bits per heavy atom. The SMILES string of the molecule is N[C@@]1(c2ccccc2)C[C@H]1c1ccc(NC(=O)c2cccc(NC(=O)OCc3ccccc3)c2)cc1. The molecule has 4 N–H and O–H groups in total. The molecule has 4 aromatic rings. The molecular formula is C30H27N3O3. The van der Waals surface area contributed by atoms with Gasteiger partial charge in [0.15, 0.2) is 0 Å². The molecular weight excluding hydrogens is 450 g/mol. The van der Waals surface area contributed by atoms with Gasteiger partial charge in [-0.15, -0.1) is 0 Å². The molecule has 0 spiro atoms. The van der Waals surface area contributed by atoms with Gasteiger partial charge in [-0.3, -0.25) is 10.1 Å². The van der Waals surface area contributed by atoms with Crippen LogP contribution in [0.25, 0.3) is 0 Å². The van der Waals surface area contributed by atoms with Gasteiger partial charge in [-0.05, 0) is 53.4 Å². The molecule has 5 rings (SSSR count). The second-order valence-corrected chi connectivity index (χ2v) is 9.01. The number of hydrogen-bond donors (Lipinski definition) is 3. The van der Waals surface area contributed by atoms with Crippen LogP contribution in [0.3, 0.4) is 0 Å². The maximum atomic E-state index is 12.8. The molecule has 0 aliphatic heterocycles. The second-order valence-electron chi connectivity index (χ2n) is 9.01. The highest BCUT2D eigenvalue weighted by molar-refractivity contribution is 6.05. The Bertz CT molecular complexity index is 1360. The summed E-state index contributed by atoms with van der Waals surface area (Å²) < 4.78 is 5.25. The fraction of sp³-hybridized carbons (Fsp3) is 0.133. The second kappa shape index (κ2) is 10.1. The van der Waals surface area contributed by atoms with Crippen LogP contribution in [0.2, 0.25) is 0 Å². The summed E-state index contributed by atoms with van der Waals surface area (Å²) in [6.45, 7) is 0.167. The van der Waals surface area contributed by atoms with Crippen molar-refractivity contribution >= 4 is 23.4 Å². The molecule has 0 heterocycles. The topological polar surface area (TPSA) is 93.5 Å². The minimum Gasteiger partial charge on any atom is -0.444 e. The van der Waals surface area contributed by atoms with E-state index in [-0.39, 0.29) is 24.0 Å². The van der Waals surface area contributed by atoms with Crippen molar-refractivity contribution in [1.29, 1.82) is 0 Å². The summed E-state index contributed by atoms with van der Waals surface area (Å²) in [5.74, 6) is -0.0120.